The molecule has 0 heterocycles. The van der Waals surface area contributed by atoms with Crippen molar-refractivity contribution < 1.29 is 9.59 Å². The molecule has 0 aliphatic heterocycles. The molecule has 0 bridgehead atoms. The Hall–Kier alpha value is -1.70. The molecule has 0 amide bonds. The summed E-state index contributed by atoms with van der Waals surface area (Å²) in [6.45, 7) is 1.46. The van der Waals surface area contributed by atoms with Crippen LogP contribution in [0.1, 0.15) is 22.8 Å². The smallest absolute Gasteiger partial charge is 0.189 e. The molecule has 0 atom stereocenters. The zero-order valence-electron chi connectivity index (χ0n) is 7.91. The molecule has 0 unspecified atom stereocenters. The predicted octanol–water partition coefficient (Wildman–Crippen LogP) is 1.94. The van der Waals surface area contributed by atoms with E-state index in [1.54, 1.807) is 6.07 Å². The van der Waals surface area contributed by atoms with Gasteiger partial charge in [0.05, 0.1) is 0 Å². The minimum absolute atomic E-state index is 0.00389. The lowest BCUT2D eigenvalue weighted by Crippen LogP contribution is -1.97. The molecular formula is C12H10O2. The number of carbonyl (C=O) groups excluding carboxylic acids is 2. The number of carbonyl (C=O) groups is 2. The van der Waals surface area contributed by atoms with Gasteiger partial charge in [-0.2, -0.15) is 0 Å². The standard InChI is InChI=1S/C12H10O2/c1-8(13)6-10-7-9-4-2-3-5-11(9)12(10)14/h2-6H,7H2,1H3/b10-6+. The third-order valence-electron chi connectivity index (χ3n) is 2.31. The topological polar surface area (TPSA) is 34.1 Å². The molecule has 1 aromatic rings. The lowest BCUT2D eigenvalue weighted by molar-refractivity contribution is -0.112. The SMILES string of the molecule is CC(=O)/C=C1\Cc2ccccc2C1=O. The van der Waals surface area contributed by atoms with Gasteiger partial charge < -0.3 is 0 Å². The van der Waals surface area contributed by atoms with E-state index in [0.717, 1.165) is 11.1 Å². The van der Waals surface area contributed by atoms with Crippen LogP contribution in [0.25, 0.3) is 0 Å². The van der Waals surface area contributed by atoms with Crippen LogP contribution in [-0.4, -0.2) is 11.6 Å². The Labute approximate surface area is 82.2 Å². The summed E-state index contributed by atoms with van der Waals surface area (Å²) in [6, 6.07) is 7.48. The fourth-order valence-electron chi connectivity index (χ4n) is 1.72. The van der Waals surface area contributed by atoms with Gasteiger partial charge in [-0.05, 0) is 18.6 Å². The first-order chi connectivity index (χ1) is 6.68. The summed E-state index contributed by atoms with van der Waals surface area (Å²) in [5.74, 6) is -0.0723. The van der Waals surface area contributed by atoms with Gasteiger partial charge in [0, 0.05) is 17.6 Å². The highest BCUT2D eigenvalue weighted by Gasteiger charge is 2.23. The average molecular weight is 186 g/mol. The number of fused-ring (bicyclic) bond motifs is 1. The number of Topliss-reactive ketones (excluding diaryl/α,β-unsaturated/α-hetero) is 1. The summed E-state index contributed by atoms with van der Waals surface area (Å²) in [5, 5.41) is 0. The van der Waals surface area contributed by atoms with Crippen molar-refractivity contribution in [2.45, 2.75) is 13.3 Å². The normalized spacial score (nSPS) is 17.2. The van der Waals surface area contributed by atoms with Gasteiger partial charge in [0.2, 0.25) is 0 Å². The molecule has 2 rings (SSSR count). The van der Waals surface area contributed by atoms with Crippen molar-refractivity contribution in [3.8, 4) is 0 Å². The maximum Gasteiger partial charge on any atom is 0.189 e. The maximum atomic E-state index is 11.7. The molecule has 14 heavy (non-hydrogen) atoms. The summed E-state index contributed by atoms with van der Waals surface area (Å²) in [6.07, 6.45) is 2.02. The second kappa shape index (κ2) is 3.22. The minimum Gasteiger partial charge on any atom is -0.295 e. The number of allylic oxidation sites excluding steroid dienone is 2. The van der Waals surface area contributed by atoms with Gasteiger partial charge in [0.15, 0.2) is 11.6 Å². The van der Waals surface area contributed by atoms with Crippen LogP contribution in [0.15, 0.2) is 35.9 Å². The van der Waals surface area contributed by atoms with E-state index in [2.05, 4.69) is 0 Å². The molecule has 0 N–H and O–H groups in total. The van der Waals surface area contributed by atoms with Crippen LogP contribution < -0.4 is 0 Å². The third-order valence-corrected chi connectivity index (χ3v) is 2.31. The average Bonchev–Trinajstić information content (AvgIpc) is 2.44. The Balaban J connectivity index is 2.44. The van der Waals surface area contributed by atoms with Crippen LogP contribution in [0.4, 0.5) is 0 Å². The molecule has 70 valence electrons. The van der Waals surface area contributed by atoms with Crippen LogP contribution in [0.2, 0.25) is 0 Å². The summed E-state index contributed by atoms with van der Waals surface area (Å²) >= 11 is 0. The molecule has 1 aliphatic carbocycles. The number of rotatable bonds is 1. The van der Waals surface area contributed by atoms with Crippen molar-refractivity contribution in [3.05, 3.63) is 47.0 Å². The first-order valence-corrected chi connectivity index (χ1v) is 4.52. The molecule has 1 aromatic carbocycles. The fourth-order valence-corrected chi connectivity index (χ4v) is 1.72. The fraction of sp³-hybridized carbons (Fsp3) is 0.167. The second-order valence-electron chi connectivity index (χ2n) is 3.44. The monoisotopic (exact) mass is 186 g/mol. The van der Waals surface area contributed by atoms with E-state index in [4.69, 9.17) is 0 Å². The van der Waals surface area contributed by atoms with E-state index >= 15 is 0 Å². The molecule has 2 nitrogen and oxygen atoms in total. The molecule has 0 radical (unpaired) electrons. The van der Waals surface area contributed by atoms with E-state index in [-0.39, 0.29) is 11.6 Å². The Bertz CT molecular complexity index is 441. The van der Waals surface area contributed by atoms with Gasteiger partial charge in [0.1, 0.15) is 0 Å². The van der Waals surface area contributed by atoms with E-state index in [1.807, 2.05) is 18.2 Å². The molecular weight excluding hydrogens is 176 g/mol. The zero-order chi connectivity index (χ0) is 10.1. The molecule has 0 fully saturated rings. The molecule has 0 saturated carbocycles. The number of ketones is 2. The summed E-state index contributed by atoms with van der Waals surface area (Å²) in [7, 11) is 0. The van der Waals surface area contributed by atoms with Gasteiger partial charge in [0.25, 0.3) is 0 Å². The quantitative estimate of drug-likeness (QED) is 0.628. The van der Waals surface area contributed by atoms with Crippen LogP contribution in [0, 0.1) is 0 Å². The molecule has 0 spiro atoms. The van der Waals surface area contributed by atoms with Crippen molar-refractivity contribution in [3.63, 3.8) is 0 Å². The van der Waals surface area contributed by atoms with Gasteiger partial charge in [-0.1, -0.05) is 24.3 Å². The van der Waals surface area contributed by atoms with Crippen LogP contribution in [0.5, 0.6) is 0 Å². The highest BCUT2D eigenvalue weighted by molar-refractivity contribution is 6.15. The summed E-state index contributed by atoms with van der Waals surface area (Å²) in [4.78, 5) is 22.6. The highest BCUT2D eigenvalue weighted by Crippen LogP contribution is 2.25. The number of hydrogen-bond donors (Lipinski definition) is 0. The maximum absolute atomic E-state index is 11.7. The number of hydrogen-bond acceptors (Lipinski definition) is 2. The van der Waals surface area contributed by atoms with Gasteiger partial charge in [-0.25, -0.2) is 0 Å². The molecule has 2 heteroatoms. The Kier molecular flexibility index (Phi) is 2.04. The van der Waals surface area contributed by atoms with Gasteiger partial charge in [-0.3, -0.25) is 9.59 Å². The number of benzene rings is 1. The molecule has 0 saturated heterocycles. The van der Waals surface area contributed by atoms with Gasteiger partial charge in [-0.15, -0.1) is 0 Å². The van der Waals surface area contributed by atoms with Gasteiger partial charge >= 0.3 is 0 Å². The third kappa shape index (κ3) is 1.39. The predicted molar refractivity (Wildman–Crippen MR) is 53.2 cm³/mol. The second-order valence-corrected chi connectivity index (χ2v) is 3.44. The lowest BCUT2D eigenvalue weighted by Gasteiger charge is -1.91. The van der Waals surface area contributed by atoms with Crippen molar-refractivity contribution >= 4 is 11.6 Å². The van der Waals surface area contributed by atoms with Crippen LogP contribution >= 0.6 is 0 Å². The Morgan fingerprint density at radius 2 is 2.07 bits per heavy atom. The van der Waals surface area contributed by atoms with E-state index in [0.29, 0.717) is 12.0 Å². The van der Waals surface area contributed by atoms with Crippen molar-refractivity contribution in [1.82, 2.24) is 0 Å². The Morgan fingerprint density at radius 1 is 1.36 bits per heavy atom. The summed E-state index contributed by atoms with van der Waals surface area (Å²) in [5.41, 5.74) is 2.36. The first-order valence-electron chi connectivity index (χ1n) is 4.52. The van der Waals surface area contributed by atoms with Crippen molar-refractivity contribution in [2.24, 2.45) is 0 Å². The lowest BCUT2D eigenvalue weighted by atomic mass is 10.1. The molecule has 0 aromatic heterocycles. The van der Waals surface area contributed by atoms with Crippen molar-refractivity contribution in [1.29, 1.82) is 0 Å². The van der Waals surface area contributed by atoms with E-state index in [1.165, 1.54) is 13.0 Å². The highest BCUT2D eigenvalue weighted by atomic mass is 16.1. The van der Waals surface area contributed by atoms with E-state index in [9.17, 15) is 9.59 Å². The van der Waals surface area contributed by atoms with E-state index < -0.39 is 0 Å². The molecule has 1 aliphatic rings. The Morgan fingerprint density at radius 3 is 2.71 bits per heavy atom. The zero-order valence-corrected chi connectivity index (χ0v) is 7.91. The van der Waals surface area contributed by atoms with Crippen LogP contribution in [-0.2, 0) is 11.2 Å². The van der Waals surface area contributed by atoms with Crippen molar-refractivity contribution in [2.75, 3.05) is 0 Å². The minimum atomic E-state index is -0.0684. The first kappa shape index (κ1) is 8.88. The largest absolute Gasteiger partial charge is 0.295 e. The van der Waals surface area contributed by atoms with Crippen LogP contribution in [0.3, 0.4) is 0 Å². The summed E-state index contributed by atoms with van der Waals surface area (Å²) < 4.78 is 0.